The lowest BCUT2D eigenvalue weighted by atomic mass is 10.1. The third kappa shape index (κ3) is 2.81. The molecule has 0 saturated carbocycles. The zero-order valence-corrected chi connectivity index (χ0v) is 13.8. The van der Waals surface area contributed by atoms with Gasteiger partial charge in [0.25, 0.3) is 0 Å². The molecule has 2 aromatic carbocycles. The van der Waals surface area contributed by atoms with Gasteiger partial charge in [0.1, 0.15) is 0 Å². The van der Waals surface area contributed by atoms with E-state index < -0.39 is 0 Å². The summed E-state index contributed by atoms with van der Waals surface area (Å²) in [5.74, 6) is 0. The lowest BCUT2D eigenvalue weighted by Gasteiger charge is -2.11. The number of nitrogens with zero attached hydrogens (tertiary/aromatic N) is 2. The van der Waals surface area contributed by atoms with Gasteiger partial charge in [-0.05, 0) is 23.9 Å². The summed E-state index contributed by atoms with van der Waals surface area (Å²) >= 11 is 3.61. The maximum atomic E-state index is 4.49. The van der Waals surface area contributed by atoms with Crippen molar-refractivity contribution in [3.8, 4) is 0 Å². The molecule has 0 amide bonds. The van der Waals surface area contributed by atoms with Gasteiger partial charge in [0.15, 0.2) is 0 Å². The van der Waals surface area contributed by atoms with Gasteiger partial charge >= 0.3 is 0 Å². The SMILES string of the molecule is CCc1nn(C)cc1CNc1ccc(Br)c2ccccc12. The molecule has 3 rings (SSSR count). The third-order valence-electron chi connectivity index (χ3n) is 3.67. The van der Waals surface area contributed by atoms with Gasteiger partial charge in [-0.25, -0.2) is 0 Å². The molecule has 108 valence electrons. The highest BCUT2D eigenvalue weighted by atomic mass is 79.9. The van der Waals surface area contributed by atoms with Gasteiger partial charge in [-0.3, -0.25) is 4.68 Å². The number of benzene rings is 2. The molecule has 3 nitrogen and oxygen atoms in total. The van der Waals surface area contributed by atoms with Crippen LogP contribution in [0.4, 0.5) is 5.69 Å². The Kier molecular flexibility index (Phi) is 3.97. The predicted octanol–water partition coefficient (Wildman–Crippen LogP) is 4.51. The Bertz CT molecular complexity index is 777. The molecule has 1 aromatic heterocycles. The summed E-state index contributed by atoms with van der Waals surface area (Å²) < 4.78 is 3.01. The number of aromatic nitrogens is 2. The summed E-state index contributed by atoms with van der Waals surface area (Å²) in [5.41, 5.74) is 3.57. The second kappa shape index (κ2) is 5.90. The number of halogens is 1. The molecule has 1 heterocycles. The van der Waals surface area contributed by atoms with Crippen LogP contribution in [0, 0.1) is 0 Å². The molecular formula is C17H18BrN3. The average Bonchev–Trinajstić information content (AvgIpc) is 2.87. The highest BCUT2D eigenvalue weighted by Crippen LogP contribution is 2.30. The van der Waals surface area contributed by atoms with Crippen molar-refractivity contribution < 1.29 is 0 Å². The quantitative estimate of drug-likeness (QED) is 0.755. The monoisotopic (exact) mass is 343 g/mol. The van der Waals surface area contributed by atoms with E-state index in [4.69, 9.17) is 0 Å². The lowest BCUT2D eigenvalue weighted by molar-refractivity contribution is 0.746. The van der Waals surface area contributed by atoms with Crippen molar-refractivity contribution >= 4 is 32.4 Å². The minimum atomic E-state index is 0.794. The second-order valence-electron chi connectivity index (χ2n) is 5.12. The summed E-state index contributed by atoms with van der Waals surface area (Å²) in [6, 6.07) is 12.6. The number of aryl methyl sites for hydroxylation is 2. The van der Waals surface area contributed by atoms with Gasteiger partial charge in [0.05, 0.1) is 5.69 Å². The predicted molar refractivity (Wildman–Crippen MR) is 91.6 cm³/mol. The number of hydrogen-bond acceptors (Lipinski definition) is 2. The molecule has 0 unspecified atom stereocenters. The summed E-state index contributed by atoms with van der Waals surface area (Å²) in [5, 5.41) is 10.5. The van der Waals surface area contributed by atoms with Crippen molar-refractivity contribution in [3.05, 3.63) is 58.3 Å². The largest absolute Gasteiger partial charge is 0.380 e. The summed E-state index contributed by atoms with van der Waals surface area (Å²) in [6.07, 6.45) is 3.05. The van der Waals surface area contributed by atoms with Crippen molar-refractivity contribution in [1.29, 1.82) is 0 Å². The van der Waals surface area contributed by atoms with Crippen molar-refractivity contribution in [1.82, 2.24) is 9.78 Å². The Morgan fingerprint density at radius 1 is 1.14 bits per heavy atom. The van der Waals surface area contributed by atoms with E-state index in [2.05, 4.69) is 75.9 Å². The van der Waals surface area contributed by atoms with Gasteiger partial charge in [-0.2, -0.15) is 5.10 Å². The molecule has 1 N–H and O–H groups in total. The zero-order chi connectivity index (χ0) is 14.8. The molecule has 0 bridgehead atoms. The molecule has 0 fully saturated rings. The fourth-order valence-corrected chi connectivity index (χ4v) is 3.11. The van der Waals surface area contributed by atoms with Crippen LogP contribution in [0.25, 0.3) is 10.8 Å². The van der Waals surface area contributed by atoms with Gasteiger partial charge in [0.2, 0.25) is 0 Å². The topological polar surface area (TPSA) is 29.9 Å². The molecule has 0 atom stereocenters. The normalized spacial score (nSPS) is 11.0. The fourth-order valence-electron chi connectivity index (χ4n) is 2.64. The van der Waals surface area contributed by atoms with Crippen LogP contribution in [0.15, 0.2) is 47.1 Å². The van der Waals surface area contributed by atoms with Gasteiger partial charge in [-0.1, -0.05) is 47.1 Å². The van der Waals surface area contributed by atoms with Crippen LogP contribution >= 0.6 is 15.9 Å². The van der Waals surface area contributed by atoms with Gasteiger partial charge in [-0.15, -0.1) is 0 Å². The van der Waals surface area contributed by atoms with E-state index in [9.17, 15) is 0 Å². The smallest absolute Gasteiger partial charge is 0.0671 e. The van der Waals surface area contributed by atoms with Crippen molar-refractivity contribution in [2.24, 2.45) is 7.05 Å². The molecule has 0 saturated heterocycles. The van der Waals surface area contributed by atoms with E-state index in [0.717, 1.165) is 28.8 Å². The fraction of sp³-hybridized carbons (Fsp3) is 0.235. The first kappa shape index (κ1) is 14.1. The minimum Gasteiger partial charge on any atom is -0.380 e. The van der Waals surface area contributed by atoms with E-state index in [1.165, 1.54) is 16.3 Å². The Morgan fingerprint density at radius 2 is 1.90 bits per heavy atom. The number of anilines is 1. The van der Waals surface area contributed by atoms with E-state index >= 15 is 0 Å². The third-order valence-corrected chi connectivity index (χ3v) is 4.36. The van der Waals surface area contributed by atoms with Crippen molar-refractivity contribution in [2.75, 3.05) is 5.32 Å². The van der Waals surface area contributed by atoms with Crippen LogP contribution in [-0.2, 0) is 20.0 Å². The van der Waals surface area contributed by atoms with Crippen LogP contribution in [-0.4, -0.2) is 9.78 Å². The van der Waals surface area contributed by atoms with Gasteiger partial charge in [0, 0.05) is 40.9 Å². The van der Waals surface area contributed by atoms with Crippen molar-refractivity contribution in [3.63, 3.8) is 0 Å². The maximum absolute atomic E-state index is 4.49. The van der Waals surface area contributed by atoms with Crippen LogP contribution < -0.4 is 5.32 Å². The summed E-state index contributed by atoms with van der Waals surface area (Å²) in [4.78, 5) is 0. The van der Waals surface area contributed by atoms with E-state index in [1.807, 2.05) is 11.7 Å². The highest BCUT2D eigenvalue weighted by Gasteiger charge is 2.07. The summed E-state index contributed by atoms with van der Waals surface area (Å²) in [6.45, 7) is 2.93. The number of nitrogens with one attached hydrogen (secondary N) is 1. The van der Waals surface area contributed by atoms with Crippen LogP contribution in [0.5, 0.6) is 0 Å². The molecule has 21 heavy (non-hydrogen) atoms. The van der Waals surface area contributed by atoms with Crippen LogP contribution in [0.3, 0.4) is 0 Å². The molecule has 3 aromatic rings. The number of rotatable bonds is 4. The zero-order valence-electron chi connectivity index (χ0n) is 12.2. The Hall–Kier alpha value is -1.81. The maximum Gasteiger partial charge on any atom is 0.0671 e. The number of fused-ring (bicyclic) bond motifs is 1. The molecule has 0 aliphatic rings. The first-order valence-electron chi connectivity index (χ1n) is 7.11. The van der Waals surface area contributed by atoms with Crippen molar-refractivity contribution in [2.45, 2.75) is 19.9 Å². The van der Waals surface area contributed by atoms with E-state index in [0.29, 0.717) is 0 Å². The van der Waals surface area contributed by atoms with E-state index in [1.54, 1.807) is 0 Å². The van der Waals surface area contributed by atoms with Crippen LogP contribution in [0.1, 0.15) is 18.2 Å². The molecule has 0 aliphatic heterocycles. The van der Waals surface area contributed by atoms with E-state index in [-0.39, 0.29) is 0 Å². The average molecular weight is 344 g/mol. The number of hydrogen-bond donors (Lipinski definition) is 1. The first-order valence-corrected chi connectivity index (χ1v) is 7.91. The van der Waals surface area contributed by atoms with Gasteiger partial charge < -0.3 is 5.32 Å². The standard InChI is InChI=1S/C17H18BrN3/c1-3-16-12(11-21(2)20-16)10-19-17-9-8-15(18)13-6-4-5-7-14(13)17/h4-9,11,19H,3,10H2,1-2H3. The second-order valence-corrected chi connectivity index (χ2v) is 5.98. The first-order chi connectivity index (χ1) is 10.2. The molecule has 0 spiro atoms. The Morgan fingerprint density at radius 3 is 2.67 bits per heavy atom. The summed E-state index contributed by atoms with van der Waals surface area (Å²) in [7, 11) is 1.97. The highest BCUT2D eigenvalue weighted by molar-refractivity contribution is 9.10. The minimum absolute atomic E-state index is 0.794. The Balaban J connectivity index is 1.90. The Labute approximate surface area is 133 Å². The lowest BCUT2D eigenvalue weighted by Crippen LogP contribution is -2.01. The molecule has 4 heteroatoms. The molecule has 0 aliphatic carbocycles. The molecular weight excluding hydrogens is 326 g/mol. The molecule has 0 radical (unpaired) electrons. The van der Waals surface area contributed by atoms with Crippen LogP contribution in [0.2, 0.25) is 0 Å².